The molecule has 0 amide bonds. The molecule has 1 aromatic rings. The lowest BCUT2D eigenvalue weighted by Gasteiger charge is -2.32. The predicted molar refractivity (Wildman–Crippen MR) is 91.1 cm³/mol. The molecule has 0 spiro atoms. The van der Waals surface area contributed by atoms with Crippen LogP contribution in [0.4, 0.5) is 0 Å². The molecule has 1 saturated carbocycles. The highest BCUT2D eigenvalue weighted by molar-refractivity contribution is 5.64. The lowest BCUT2D eigenvalue weighted by molar-refractivity contribution is -0.0372. The van der Waals surface area contributed by atoms with E-state index in [0.29, 0.717) is 18.4 Å². The van der Waals surface area contributed by atoms with Crippen LogP contribution in [0.2, 0.25) is 0 Å². The first-order valence-electron chi connectivity index (χ1n) is 8.71. The molecule has 5 heteroatoms. The van der Waals surface area contributed by atoms with Crippen molar-refractivity contribution in [2.45, 2.75) is 25.0 Å². The van der Waals surface area contributed by atoms with Crippen LogP contribution < -0.4 is 9.47 Å². The molecule has 2 N–H and O–H groups in total. The Hall–Kier alpha value is -1.56. The van der Waals surface area contributed by atoms with Crippen LogP contribution >= 0.6 is 0 Å². The van der Waals surface area contributed by atoms with E-state index in [2.05, 4.69) is 11.0 Å². The number of fused-ring (bicyclic) bond motifs is 2. The molecule has 0 radical (unpaired) electrons. The van der Waals surface area contributed by atoms with E-state index in [1.165, 1.54) is 5.57 Å². The summed E-state index contributed by atoms with van der Waals surface area (Å²) in [5.74, 6) is 2.74. The van der Waals surface area contributed by atoms with E-state index in [1.54, 1.807) is 7.11 Å². The highest BCUT2D eigenvalue weighted by Gasteiger charge is 2.41. The molecule has 1 aromatic carbocycles. The third-order valence-electron chi connectivity index (χ3n) is 5.60. The molecule has 4 atom stereocenters. The summed E-state index contributed by atoms with van der Waals surface area (Å²) >= 11 is 0. The predicted octanol–water partition coefficient (Wildman–Crippen LogP) is 1.53. The number of rotatable bonds is 3. The summed E-state index contributed by atoms with van der Waals surface area (Å²) in [5, 5.41) is 19.8. The van der Waals surface area contributed by atoms with E-state index >= 15 is 0 Å². The SMILES string of the molecule is COc1ccc2c(c1)C=C(CN1C[C@H]3C[C@H](O)[C@@H](O)C[C@H]3C1)CO2. The molecule has 2 aliphatic heterocycles. The number of nitrogens with zero attached hydrogens (tertiary/aromatic N) is 1. The van der Waals surface area contributed by atoms with Gasteiger partial charge in [0.2, 0.25) is 0 Å². The number of likely N-dealkylation sites (tertiary alicyclic amines) is 1. The Morgan fingerprint density at radius 3 is 2.54 bits per heavy atom. The average Bonchev–Trinajstić information content (AvgIpc) is 2.95. The number of benzene rings is 1. The van der Waals surface area contributed by atoms with E-state index < -0.39 is 12.2 Å². The monoisotopic (exact) mass is 331 g/mol. The maximum Gasteiger partial charge on any atom is 0.127 e. The Morgan fingerprint density at radius 2 is 1.88 bits per heavy atom. The minimum atomic E-state index is -0.553. The Kier molecular flexibility index (Phi) is 4.24. The zero-order valence-corrected chi connectivity index (χ0v) is 14.0. The van der Waals surface area contributed by atoms with Gasteiger partial charge in [0.25, 0.3) is 0 Å². The van der Waals surface area contributed by atoms with Gasteiger partial charge >= 0.3 is 0 Å². The fourth-order valence-corrected chi connectivity index (χ4v) is 4.34. The van der Waals surface area contributed by atoms with Crippen LogP contribution in [0.5, 0.6) is 11.5 Å². The third kappa shape index (κ3) is 3.04. The number of hydrogen-bond acceptors (Lipinski definition) is 5. The van der Waals surface area contributed by atoms with Gasteiger partial charge in [0, 0.05) is 25.2 Å². The van der Waals surface area contributed by atoms with Crippen molar-refractivity contribution >= 4 is 6.08 Å². The van der Waals surface area contributed by atoms with Crippen molar-refractivity contribution in [3.8, 4) is 11.5 Å². The van der Waals surface area contributed by atoms with Crippen LogP contribution in [-0.4, -0.2) is 60.7 Å². The Morgan fingerprint density at radius 1 is 1.17 bits per heavy atom. The molecule has 2 heterocycles. The third-order valence-corrected chi connectivity index (χ3v) is 5.60. The maximum atomic E-state index is 9.88. The van der Waals surface area contributed by atoms with Crippen LogP contribution in [0.25, 0.3) is 6.08 Å². The van der Waals surface area contributed by atoms with E-state index in [-0.39, 0.29) is 0 Å². The van der Waals surface area contributed by atoms with Gasteiger partial charge in [-0.2, -0.15) is 0 Å². The summed E-state index contributed by atoms with van der Waals surface area (Å²) in [4.78, 5) is 2.43. The second-order valence-electron chi connectivity index (χ2n) is 7.32. The molecular weight excluding hydrogens is 306 g/mol. The fraction of sp³-hybridized carbons (Fsp3) is 0.579. The lowest BCUT2D eigenvalue weighted by Crippen LogP contribution is -2.38. The summed E-state index contributed by atoms with van der Waals surface area (Å²) in [6, 6.07) is 5.87. The quantitative estimate of drug-likeness (QED) is 0.880. The van der Waals surface area contributed by atoms with Crippen molar-refractivity contribution in [1.82, 2.24) is 4.90 Å². The zero-order chi connectivity index (χ0) is 16.7. The lowest BCUT2D eigenvalue weighted by atomic mass is 9.79. The van der Waals surface area contributed by atoms with Crippen LogP contribution in [-0.2, 0) is 0 Å². The largest absolute Gasteiger partial charge is 0.497 e. The van der Waals surface area contributed by atoms with Gasteiger partial charge in [-0.3, -0.25) is 4.90 Å². The summed E-state index contributed by atoms with van der Waals surface area (Å²) < 4.78 is 11.2. The number of methoxy groups -OCH3 is 1. The summed E-state index contributed by atoms with van der Waals surface area (Å²) in [6.45, 7) is 3.50. The maximum absolute atomic E-state index is 9.88. The standard InChI is InChI=1S/C19H25NO4/c1-23-16-2-3-19-13(5-16)4-12(11-24-19)8-20-9-14-6-17(21)18(22)7-15(14)10-20/h2-5,14-15,17-18,21-22H,6-11H2,1H3/t14-,15+,17-,18-/m0/s1. The van der Waals surface area contributed by atoms with E-state index in [1.807, 2.05) is 18.2 Å². The van der Waals surface area contributed by atoms with Crippen LogP contribution in [0.3, 0.4) is 0 Å². The second-order valence-corrected chi connectivity index (χ2v) is 7.32. The molecule has 130 valence electrons. The first-order chi connectivity index (χ1) is 11.6. The molecule has 5 nitrogen and oxygen atoms in total. The van der Waals surface area contributed by atoms with Crippen molar-refractivity contribution in [1.29, 1.82) is 0 Å². The molecule has 0 bridgehead atoms. The van der Waals surface area contributed by atoms with Gasteiger partial charge in [-0.15, -0.1) is 0 Å². The molecule has 0 unspecified atom stereocenters. The molecule has 24 heavy (non-hydrogen) atoms. The summed E-state index contributed by atoms with van der Waals surface area (Å²) in [7, 11) is 1.67. The molecule has 3 aliphatic rings. The summed E-state index contributed by atoms with van der Waals surface area (Å²) in [5.41, 5.74) is 2.33. The van der Waals surface area contributed by atoms with Crippen LogP contribution in [0, 0.1) is 11.8 Å². The van der Waals surface area contributed by atoms with Crippen LogP contribution in [0.1, 0.15) is 18.4 Å². The van der Waals surface area contributed by atoms with Crippen molar-refractivity contribution in [3.63, 3.8) is 0 Å². The Labute approximate surface area is 142 Å². The fourth-order valence-electron chi connectivity index (χ4n) is 4.34. The first kappa shape index (κ1) is 15.9. The molecule has 1 aliphatic carbocycles. The number of aliphatic hydroxyl groups excluding tert-OH is 2. The average molecular weight is 331 g/mol. The smallest absolute Gasteiger partial charge is 0.127 e. The van der Waals surface area contributed by atoms with Gasteiger partial charge in [0.15, 0.2) is 0 Å². The van der Waals surface area contributed by atoms with Crippen molar-refractivity contribution in [3.05, 3.63) is 29.3 Å². The summed E-state index contributed by atoms with van der Waals surface area (Å²) in [6.07, 6.45) is 2.54. The van der Waals surface area contributed by atoms with E-state index in [9.17, 15) is 10.2 Å². The van der Waals surface area contributed by atoms with Gasteiger partial charge in [-0.1, -0.05) is 0 Å². The molecule has 0 aromatic heterocycles. The highest BCUT2D eigenvalue weighted by Crippen LogP contribution is 2.37. The second kappa shape index (κ2) is 6.39. The number of aliphatic hydroxyl groups is 2. The molecule has 4 rings (SSSR count). The van der Waals surface area contributed by atoms with Crippen molar-refractivity contribution < 1.29 is 19.7 Å². The highest BCUT2D eigenvalue weighted by atomic mass is 16.5. The van der Waals surface area contributed by atoms with Gasteiger partial charge in [-0.05, 0) is 54.5 Å². The topological polar surface area (TPSA) is 62.2 Å². The number of ether oxygens (including phenoxy) is 2. The zero-order valence-electron chi connectivity index (χ0n) is 14.0. The Balaban J connectivity index is 1.44. The molecular formula is C19H25NO4. The van der Waals surface area contributed by atoms with Crippen molar-refractivity contribution in [2.24, 2.45) is 11.8 Å². The van der Waals surface area contributed by atoms with Gasteiger partial charge in [0.1, 0.15) is 18.1 Å². The van der Waals surface area contributed by atoms with Gasteiger partial charge < -0.3 is 19.7 Å². The van der Waals surface area contributed by atoms with Gasteiger partial charge in [0.05, 0.1) is 19.3 Å². The minimum absolute atomic E-state index is 0.501. The van der Waals surface area contributed by atoms with E-state index in [0.717, 1.165) is 49.5 Å². The van der Waals surface area contributed by atoms with E-state index in [4.69, 9.17) is 9.47 Å². The Bertz CT molecular complexity index is 626. The van der Waals surface area contributed by atoms with Crippen LogP contribution in [0.15, 0.2) is 23.8 Å². The molecule has 1 saturated heterocycles. The number of hydrogen-bond donors (Lipinski definition) is 2. The first-order valence-corrected chi connectivity index (χ1v) is 8.71. The minimum Gasteiger partial charge on any atom is -0.497 e. The van der Waals surface area contributed by atoms with Crippen molar-refractivity contribution in [2.75, 3.05) is 33.4 Å². The normalized spacial score (nSPS) is 32.5. The molecule has 2 fully saturated rings. The van der Waals surface area contributed by atoms with Gasteiger partial charge in [-0.25, -0.2) is 0 Å².